The van der Waals surface area contributed by atoms with Crippen LogP contribution < -0.4 is 4.74 Å². The van der Waals surface area contributed by atoms with Crippen molar-refractivity contribution in [1.29, 1.82) is 0 Å². The Kier molecular flexibility index (Phi) is 8.65. The second-order valence-corrected chi connectivity index (χ2v) is 10.5. The lowest BCUT2D eigenvalue weighted by molar-refractivity contribution is -0.130. The van der Waals surface area contributed by atoms with Gasteiger partial charge in [-0.05, 0) is 56.4 Å². The zero-order chi connectivity index (χ0) is 27.3. The van der Waals surface area contributed by atoms with E-state index >= 15 is 0 Å². The van der Waals surface area contributed by atoms with Gasteiger partial charge in [0.15, 0.2) is 0 Å². The van der Waals surface area contributed by atoms with Crippen LogP contribution in [0.3, 0.4) is 0 Å². The molecule has 2 N–H and O–H groups in total. The lowest BCUT2D eigenvalue weighted by Gasteiger charge is -2.37. The van der Waals surface area contributed by atoms with Crippen molar-refractivity contribution in [2.45, 2.75) is 63.7 Å². The summed E-state index contributed by atoms with van der Waals surface area (Å²) in [5.74, 6) is 5.60. The summed E-state index contributed by atoms with van der Waals surface area (Å²) in [4.78, 5) is 38.2. The van der Waals surface area contributed by atoms with E-state index in [-0.39, 0.29) is 42.2 Å². The first kappa shape index (κ1) is 27.6. The molecule has 3 heterocycles. The predicted octanol–water partition coefficient (Wildman–Crippen LogP) is 2.05. The second-order valence-electron chi connectivity index (χ2n) is 10.5. The molecular weight excluding hydrogens is 484 g/mol. The van der Waals surface area contributed by atoms with E-state index in [1.807, 2.05) is 19.1 Å². The van der Waals surface area contributed by atoms with Crippen LogP contribution in [0.1, 0.15) is 61.0 Å². The fourth-order valence-corrected chi connectivity index (χ4v) is 4.84. The summed E-state index contributed by atoms with van der Waals surface area (Å²) in [7, 11) is 1.73. The molecule has 1 aliphatic carbocycles. The van der Waals surface area contributed by atoms with Gasteiger partial charge >= 0.3 is 0 Å². The highest BCUT2D eigenvalue weighted by Gasteiger charge is 2.35. The molecule has 0 bridgehead atoms. The predicted molar refractivity (Wildman–Crippen MR) is 141 cm³/mol. The van der Waals surface area contributed by atoms with Crippen LogP contribution >= 0.6 is 0 Å². The van der Waals surface area contributed by atoms with Crippen molar-refractivity contribution in [2.75, 3.05) is 26.7 Å². The first-order valence-corrected chi connectivity index (χ1v) is 13.2. The molecule has 4 rings (SSSR count). The first-order valence-electron chi connectivity index (χ1n) is 13.2. The maximum Gasteiger partial charge on any atom is 0.259 e. The van der Waals surface area contributed by atoms with E-state index in [2.05, 4.69) is 21.8 Å². The topological polar surface area (TPSA) is 116 Å². The summed E-state index contributed by atoms with van der Waals surface area (Å²) in [6.45, 7) is 4.20. The van der Waals surface area contributed by atoms with Gasteiger partial charge in [0.25, 0.3) is 5.91 Å². The molecule has 2 aromatic heterocycles. The summed E-state index contributed by atoms with van der Waals surface area (Å²) in [5.41, 5.74) is 0.626. The summed E-state index contributed by atoms with van der Waals surface area (Å²) < 4.78 is 6.28. The first-order chi connectivity index (χ1) is 18.2. The van der Waals surface area contributed by atoms with Crippen molar-refractivity contribution in [3.8, 4) is 17.7 Å². The summed E-state index contributed by atoms with van der Waals surface area (Å²) in [5, 5.41) is 20.5. The largest absolute Gasteiger partial charge is 0.472 e. The Morgan fingerprint density at radius 1 is 1.32 bits per heavy atom. The van der Waals surface area contributed by atoms with Gasteiger partial charge in [-0.2, -0.15) is 0 Å². The van der Waals surface area contributed by atoms with Crippen LogP contribution in [0.5, 0.6) is 5.88 Å². The SMILES string of the molecule is C[C@@H]1CN([C@@H](C)CO)C(=O)c2cc(C#CC3(O)CCCC3)cnc2O[C@@H]1CN(C)C(=O)Cc1ccncc1. The molecule has 202 valence electrons. The van der Waals surface area contributed by atoms with Gasteiger partial charge in [0.2, 0.25) is 11.8 Å². The molecule has 0 saturated heterocycles. The number of amides is 2. The third-order valence-electron chi connectivity index (χ3n) is 7.38. The number of carbonyl (C=O) groups is 2. The van der Waals surface area contributed by atoms with Crippen molar-refractivity contribution < 1.29 is 24.5 Å². The lowest BCUT2D eigenvalue weighted by atomic mass is 9.99. The number of pyridine rings is 2. The third kappa shape index (κ3) is 6.50. The Hall–Kier alpha value is -3.48. The van der Waals surface area contributed by atoms with Gasteiger partial charge in [0.05, 0.1) is 25.6 Å². The number of hydrogen-bond acceptors (Lipinski definition) is 7. The van der Waals surface area contributed by atoms with E-state index in [9.17, 15) is 19.8 Å². The van der Waals surface area contributed by atoms with Crippen LogP contribution in [0.4, 0.5) is 0 Å². The number of hydrogen-bond donors (Lipinski definition) is 2. The number of carbonyl (C=O) groups excluding carboxylic acids is 2. The van der Waals surface area contributed by atoms with Gasteiger partial charge < -0.3 is 24.7 Å². The van der Waals surface area contributed by atoms with Crippen LogP contribution in [0.2, 0.25) is 0 Å². The lowest BCUT2D eigenvalue weighted by Crippen LogP contribution is -2.50. The van der Waals surface area contributed by atoms with Crippen molar-refractivity contribution in [3.05, 3.63) is 53.5 Å². The number of fused-ring (bicyclic) bond motifs is 1. The zero-order valence-electron chi connectivity index (χ0n) is 22.3. The number of aromatic nitrogens is 2. The summed E-state index contributed by atoms with van der Waals surface area (Å²) in [6, 6.07) is 4.84. The van der Waals surface area contributed by atoms with Crippen molar-refractivity contribution >= 4 is 11.8 Å². The molecule has 9 heteroatoms. The minimum absolute atomic E-state index is 0.0608. The van der Waals surface area contributed by atoms with Crippen molar-refractivity contribution in [2.24, 2.45) is 5.92 Å². The average Bonchev–Trinajstić information content (AvgIpc) is 3.36. The number of rotatable bonds is 6. The number of ether oxygens (including phenoxy) is 1. The molecule has 2 aromatic rings. The smallest absolute Gasteiger partial charge is 0.259 e. The second kappa shape index (κ2) is 11.9. The molecule has 0 radical (unpaired) electrons. The van der Waals surface area contributed by atoms with Gasteiger partial charge in [-0.1, -0.05) is 18.8 Å². The Bertz CT molecular complexity index is 1200. The molecule has 2 amide bonds. The number of aliphatic hydroxyl groups excluding tert-OH is 1. The molecule has 9 nitrogen and oxygen atoms in total. The van der Waals surface area contributed by atoms with Crippen LogP contribution in [-0.2, 0) is 11.2 Å². The van der Waals surface area contributed by atoms with E-state index in [0.717, 1.165) is 18.4 Å². The normalized spacial score (nSPS) is 21.3. The maximum atomic E-state index is 13.6. The van der Waals surface area contributed by atoms with Crippen molar-refractivity contribution in [1.82, 2.24) is 19.8 Å². The van der Waals surface area contributed by atoms with Crippen LogP contribution in [0.25, 0.3) is 0 Å². The number of nitrogens with zero attached hydrogens (tertiary/aromatic N) is 4. The van der Waals surface area contributed by atoms with E-state index in [1.54, 1.807) is 48.4 Å². The Balaban J connectivity index is 1.60. The molecule has 1 saturated carbocycles. The minimum atomic E-state index is -1.00. The highest BCUT2D eigenvalue weighted by atomic mass is 16.5. The van der Waals surface area contributed by atoms with Gasteiger partial charge in [0.1, 0.15) is 17.3 Å². The fraction of sp³-hybridized carbons (Fsp3) is 0.517. The van der Waals surface area contributed by atoms with E-state index in [0.29, 0.717) is 31.5 Å². The number of likely N-dealkylation sites (N-methyl/N-ethyl adjacent to an activating group) is 1. The van der Waals surface area contributed by atoms with Gasteiger partial charge in [-0.3, -0.25) is 14.6 Å². The third-order valence-corrected chi connectivity index (χ3v) is 7.38. The van der Waals surface area contributed by atoms with Crippen molar-refractivity contribution in [3.63, 3.8) is 0 Å². The molecule has 0 spiro atoms. The zero-order valence-corrected chi connectivity index (χ0v) is 22.3. The Morgan fingerprint density at radius 3 is 2.71 bits per heavy atom. The molecule has 38 heavy (non-hydrogen) atoms. The summed E-state index contributed by atoms with van der Waals surface area (Å²) in [6.07, 6.45) is 7.81. The number of aliphatic hydroxyl groups is 2. The molecule has 3 atom stereocenters. The van der Waals surface area contributed by atoms with Crippen LogP contribution in [0, 0.1) is 17.8 Å². The van der Waals surface area contributed by atoms with Crippen LogP contribution in [0.15, 0.2) is 36.8 Å². The molecule has 0 aromatic carbocycles. The van der Waals surface area contributed by atoms with Gasteiger partial charge in [0, 0.05) is 43.7 Å². The van der Waals surface area contributed by atoms with Gasteiger partial charge in [-0.15, -0.1) is 0 Å². The van der Waals surface area contributed by atoms with E-state index in [4.69, 9.17) is 4.74 Å². The fourth-order valence-electron chi connectivity index (χ4n) is 4.84. The van der Waals surface area contributed by atoms with E-state index in [1.165, 1.54) is 0 Å². The molecule has 1 fully saturated rings. The van der Waals surface area contributed by atoms with Crippen LogP contribution in [-0.4, -0.2) is 86.3 Å². The summed E-state index contributed by atoms with van der Waals surface area (Å²) >= 11 is 0. The highest BCUT2D eigenvalue weighted by molar-refractivity contribution is 5.97. The van der Waals surface area contributed by atoms with E-state index < -0.39 is 17.7 Å². The molecule has 0 unspecified atom stereocenters. The maximum absolute atomic E-state index is 13.6. The standard InChI is InChI=1S/C29H36N4O5/c1-20-17-33(21(2)19-34)28(36)24-14-23(6-11-29(37)9-4-5-10-29)16-31-27(24)38-25(20)18-32(3)26(35)15-22-7-12-30-13-8-22/h7-8,12-14,16,20-21,25,34,37H,4-5,9-10,15,17-19H2,1-3H3/t20-,21+,25-/m1/s1. The monoisotopic (exact) mass is 520 g/mol. The Labute approximate surface area is 223 Å². The molecular formula is C29H36N4O5. The minimum Gasteiger partial charge on any atom is -0.472 e. The Morgan fingerprint density at radius 2 is 2.03 bits per heavy atom. The highest BCUT2D eigenvalue weighted by Crippen LogP contribution is 2.30. The molecule has 2 aliphatic rings. The molecule has 1 aliphatic heterocycles. The average molecular weight is 521 g/mol. The quantitative estimate of drug-likeness (QED) is 0.560. The van der Waals surface area contributed by atoms with Gasteiger partial charge in [-0.25, -0.2) is 4.98 Å².